The van der Waals surface area contributed by atoms with Crippen LogP contribution in [0.4, 0.5) is 5.69 Å². The van der Waals surface area contributed by atoms with Gasteiger partial charge in [-0.15, -0.1) is 0 Å². The summed E-state index contributed by atoms with van der Waals surface area (Å²) in [6, 6.07) is 2.42. The average molecular weight is 1040 g/mol. The molecule has 11 nitrogen and oxygen atoms in total. The molecule has 210 valence electrons. The van der Waals surface area contributed by atoms with Gasteiger partial charge < -0.3 is 9.64 Å². The number of carbonyl (C=O) groups is 4. The number of hydrogen-bond donors (Lipinski definition) is 0. The van der Waals surface area contributed by atoms with Crippen molar-refractivity contribution >= 4 is 140 Å². The fourth-order valence-electron chi connectivity index (χ4n) is 4.29. The summed E-state index contributed by atoms with van der Waals surface area (Å²) in [5.41, 5.74) is 0.794. The number of fused-ring (bicyclic) bond motifs is 1. The minimum atomic E-state index is -2.30. The third-order valence-corrected chi connectivity index (χ3v) is 15.0. The molecule has 4 unspecified atom stereocenters. The lowest BCUT2D eigenvalue weighted by atomic mass is 9.98. The Morgan fingerprint density at radius 2 is 1.57 bits per heavy atom. The number of halogens is 5. The lowest BCUT2D eigenvalue weighted by Crippen LogP contribution is -2.75. The molecule has 4 atom stereocenters. The van der Waals surface area contributed by atoms with Crippen LogP contribution in [0.1, 0.15) is 33.2 Å². The second-order valence-corrected chi connectivity index (χ2v) is 14.8. The number of ether oxygens (including phenoxy) is 1. The predicted molar refractivity (Wildman–Crippen MR) is 178 cm³/mol. The monoisotopic (exact) mass is 1030 g/mol. The summed E-state index contributed by atoms with van der Waals surface area (Å²) < 4.78 is 20.7. The predicted octanol–water partition coefficient (Wildman–Crippen LogP) is 4.74. The van der Waals surface area contributed by atoms with Gasteiger partial charge in [-0.05, 0) is 131 Å². The van der Waals surface area contributed by atoms with E-state index in [4.69, 9.17) is 15.4 Å². The zero-order chi connectivity index (χ0) is 29.8. The van der Waals surface area contributed by atoms with E-state index in [1.807, 2.05) is 45.2 Å². The molecular weight excluding hydrogens is 1020 g/mol. The van der Waals surface area contributed by atoms with Crippen molar-refractivity contribution in [2.45, 2.75) is 31.0 Å². The Kier molecular flexibility index (Phi) is 9.84. The first kappa shape index (κ1) is 31.9. The van der Waals surface area contributed by atoms with E-state index in [9.17, 15) is 33.5 Å². The molecule has 4 rings (SSSR count). The molecule has 2 aromatic carbocycles. The molecule has 2 aliphatic heterocycles. The number of nitro benzene ring substituents is 1. The van der Waals surface area contributed by atoms with Crippen molar-refractivity contribution in [3.8, 4) is 0 Å². The Bertz CT molecular complexity index is 1510. The molecule has 1 fully saturated rings. The summed E-state index contributed by atoms with van der Waals surface area (Å²) in [5.74, 6) is -3.16. The van der Waals surface area contributed by atoms with E-state index in [1.165, 1.54) is 31.2 Å². The fourth-order valence-corrected chi connectivity index (χ4v) is 9.34. The molecular formula is C23H14ClI4N3O8S. The van der Waals surface area contributed by atoms with Crippen LogP contribution < -0.4 is 0 Å². The normalized spacial score (nSPS) is 19.7. The van der Waals surface area contributed by atoms with Gasteiger partial charge in [0.2, 0.25) is 0 Å². The SMILES string of the molecule is C=C(C)C(C(=O)OCc1ccc([N+](=O)[O-])cc1)N1C(=O)C(N2C(=O)c3c(I)c(I)c(I)c(I)c3C2=O)C1S(=O)Cl. The van der Waals surface area contributed by atoms with E-state index in [0.717, 1.165) is 16.9 Å². The van der Waals surface area contributed by atoms with Gasteiger partial charge in [0.25, 0.3) is 23.4 Å². The number of amides is 3. The van der Waals surface area contributed by atoms with Gasteiger partial charge in [0.1, 0.15) is 16.6 Å². The van der Waals surface area contributed by atoms with Crippen LogP contribution in [0.3, 0.4) is 0 Å². The molecule has 0 N–H and O–H groups in total. The van der Waals surface area contributed by atoms with Crippen LogP contribution >= 0.6 is 101 Å². The summed E-state index contributed by atoms with van der Waals surface area (Å²) in [7, 11) is 3.68. The number of nitrogens with zero attached hydrogens (tertiary/aromatic N) is 3. The standard InChI is InChI=1S/C23H14ClI4N3O8S/c1-8(2)17(23(35)39-7-9-3-5-10(6-4-9)31(36)37)30-21(34)18(22(30)40(24)38)29-19(32)11-12(20(29)33)14(26)16(28)15(27)13(11)25/h3-6,17-18,22H,1,7H2,2H3. The molecule has 1 saturated heterocycles. The first-order chi connectivity index (χ1) is 18.7. The number of carbonyl (C=O) groups excluding carboxylic acids is 4. The fraction of sp³-hybridized carbons (Fsp3) is 0.217. The second kappa shape index (κ2) is 12.3. The number of imide groups is 1. The quantitative estimate of drug-likeness (QED) is 0.0353. The maximum atomic E-state index is 13.5. The molecule has 0 radical (unpaired) electrons. The first-order valence-electron chi connectivity index (χ1n) is 10.9. The largest absolute Gasteiger partial charge is 0.459 e. The van der Waals surface area contributed by atoms with Gasteiger partial charge in [-0.2, -0.15) is 0 Å². The van der Waals surface area contributed by atoms with Gasteiger partial charge in [0.15, 0.2) is 17.5 Å². The summed E-state index contributed by atoms with van der Waals surface area (Å²) >= 11 is 8.10. The minimum Gasteiger partial charge on any atom is -0.459 e. The Hall–Kier alpha value is -0.980. The third-order valence-electron chi connectivity index (χ3n) is 6.15. The van der Waals surface area contributed by atoms with Gasteiger partial charge in [-0.1, -0.05) is 6.58 Å². The van der Waals surface area contributed by atoms with Gasteiger partial charge in [-0.25, -0.2) is 9.00 Å². The van der Waals surface area contributed by atoms with Crippen molar-refractivity contribution in [2.75, 3.05) is 0 Å². The van der Waals surface area contributed by atoms with Crippen molar-refractivity contribution in [3.05, 3.63) is 77.5 Å². The van der Waals surface area contributed by atoms with E-state index < -0.39 is 56.1 Å². The van der Waals surface area contributed by atoms with Gasteiger partial charge in [-0.3, -0.25) is 29.4 Å². The third kappa shape index (κ3) is 5.43. The van der Waals surface area contributed by atoms with E-state index in [0.29, 0.717) is 12.7 Å². The van der Waals surface area contributed by atoms with Crippen molar-refractivity contribution in [3.63, 3.8) is 0 Å². The van der Waals surface area contributed by atoms with Crippen molar-refractivity contribution < 1.29 is 33.0 Å². The van der Waals surface area contributed by atoms with E-state index in [1.54, 1.807) is 0 Å². The summed E-state index contributed by atoms with van der Waals surface area (Å²) in [5, 5.41) is 9.45. The topological polar surface area (TPSA) is 144 Å². The lowest BCUT2D eigenvalue weighted by Gasteiger charge is -2.50. The number of esters is 1. The van der Waals surface area contributed by atoms with Gasteiger partial charge >= 0.3 is 5.97 Å². The number of β-lactam (4-membered cyclic amide) rings is 1. The highest BCUT2D eigenvalue weighted by Crippen LogP contribution is 2.42. The van der Waals surface area contributed by atoms with Crippen LogP contribution in [-0.4, -0.2) is 60.1 Å². The highest BCUT2D eigenvalue weighted by Gasteiger charge is 2.62. The lowest BCUT2D eigenvalue weighted by molar-refractivity contribution is -0.384. The molecule has 40 heavy (non-hydrogen) atoms. The minimum absolute atomic E-state index is 0.138. The Balaban J connectivity index is 1.61. The molecule has 0 aromatic heterocycles. The van der Waals surface area contributed by atoms with Crippen molar-refractivity contribution in [1.82, 2.24) is 9.80 Å². The summed E-state index contributed by atoms with van der Waals surface area (Å²) in [6.45, 7) is 4.95. The highest BCUT2D eigenvalue weighted by atomic mass is 127. The molecule has 0 aliphatic carbocycles. The molecule has 0 saturated carbocycles. The highest BCUT2D eigenvalue weighted by molar-refractivity contribution is 14.1. The Labute approximate surface area is 288 Å². The van der Waals surface area contributed by atoms with Gasteiger partial charge in [0.05, 0.1) is 16.1 Å². The van der Waals surface area contributed by atoms with E-state index in [-0.39, 0.29) is 29.0 Å². The number of rotatable bonds is 8. The molecule has 0 bridgehead atoms. The second-order valence-electron chi connectivity index (χ2n) is 8.60. The molecule has 0 spiro atoms. The Morgan fingerprint density at radius 1 is 1.07 bits per heavy atom. The number of non-ortho nitro benzene ring substituents is 1. The van der Waals surface area contributed by atoms with Crippen LogP contribution in [0.2, 0.25) is 0 Å². The van der Waals surface area contributed by atoms with E-state index >= 15 is 0 Å². The summed E-state index contributed by atoms with van der Waals surface area (Å²) in [4.78, 5) is 65.6. The van der Waals surface area contributed by atoms with Gasteiger partial charge in [0, 0.05) is 26.4 Å². The molecule has 2 heterocycles. The zero-order valence-electron chi connectivity index (χ0n) is 19.9. The maximum absolute atomic E-state index is 13.5. The number of hydrogen-bond acceptors (Lipinski definition) is 8. The van der Waals surface area contributed by atoms with Crippen LogP contribution in [0, 0.1) is 24.4 Å². The van der Waals surface area contributed by atoms with Crippen LogP contribution in [-0.2, 0) is 30.9 Å². The Morgan fingerprint density at radius 3 is 2.00 bits per heavy atom. The maximum Gasteiger partial charge on any atom is 0.333 e. The molecule has 2 aliphatic rings. The summed E-state index contributed by atoms with van der Waals surface area (Å²) in [6.07, 6.45) is 0. The molecule has 17 heteroatoms. The molecule has 2 aromatic rings. The van der Waals surface area contributed by atoms with E-state index in [2.05, 4.69) is 51.8 Å². The number of nitro groups is 1. The average Bonchev–Trinajstić information content (AvgIpc) is 3.15. The zero-order valence-corrected chi connectivity index (χ0v) is 30.1. The van der Waals surface area contributed by atoms with Crippen molar-refractivity contribution in [1.29, 1.82) is 0 Å². The smallest absolute Gasteiger partial charge is 0.333 e. The number of likely N-dealkylation sites (tertiary alicyclic amines) is 1. The first-order valence-corrected chi connectivity index (χ1v) is 17.2. The van der Waals surface area contributed by atoms with Crippen LogP contribution in [0.5, 0.6) is 0 Å². The molecule has 3 amide bonds. The van der Waals surface area contributed by atoms with Crippen LogP contribution in [0.15, 0.2) is 36.4 Å². The van der Waals surface area contributed by atoms with Crippen LogP contribution in [0.25, 0.3) is 0 Å². The number of benzene rings is 2. The van der Waals surface area contributed by atoms with Crippen molar-refractivity contribution in [2.24, 2.45) is 0 Å².